The Morgan fingerprint density at radius 3 is 2.12 bits per heavy atom. The van der Waals surface area contributed by atoms with Gasteiger partial charge < -0.3 is 4.90 Å². The maximum atomic E-state index is 11.6. The second-order valence-corrected chi connectivity index (χ2v) is 8.67. The van der Waals surface area contributed by atoms with Gasteiger partial charge in [0.25, 0.3) is 0 Å². The lowest BCUT2D eigenvalue weighted by molar-refractivity contribution is 0.602. The molecule has 0 radical (unpaired) electrons. The van der Waals surface area contributed by atoms with Gasteiger partial charge in [0.1, 0.15) is 0 Å². The molecule has 0 bridgehead atoms. The van der Waals surface area contributed by atoms with Crippen LogP contribution < -0.4 is 4.90 Å². The normalized spacial score (nSPS) is 14.7. The topological polar surface area (TPSA) is 55.2 Å². The lowest BCUT2D eigenvalue weighted by Crippen LogP contribution is -2.17. The van der Waals surface area contributed by atoms with Crippen molar-refractivity contribution < 1.29 is 8.42 Å². The number of imidazole rings is 1. The van der Waals surface area contributed by atoms with E-state index in [-0.39, 0.29) is 0 Å². The number of benzene rings is 2. The largest absolute Gasteiger partial charge is 0.372 e. The summed E-state index contributed by atoms with van der Waals surface area (Å²) in [4.78, 5) is 7.01. The van der Waals surface area contributed by atoms with Crippen molar-refractivity contribution in [3.63, 3.8) is 0 Å². The maximum absolute atomic E-state index is 11.6. The number of sulfone groups is 1. The van der Waals surface area contributed by atoms with E-state index in [0.717, 1.165) is 30.0 Å². The average Bonchev–Trinajstić information content (AvgIpc) is 3.33. The first-order valence-corrected chi connectivity index (χ1v) is 10.6. The smallest absolute Gasteiger partial charge is 0.175 e. The molecule has 0 atom stereocenters. The summed E-state index contributed by atoms with van der Waals surface area (Å²) in [6.07, 6.45) is 7.32. The Morgan fingerprint density at radius 2 is 1.50 bits per heavy atom. The number of aromatic nitrogens is 2. The summed E-state index contributed by atoms with van der Waals surface area (Å²) in [5.41, 5.74) is 4.20. The highest BCUT2D eigenvalue weighted by molar-refractivity contribution is 7.90. The van der Waals surface area contributed by atoms with E-state index in [4.69, 9.17) is 0 Å². The number of anilines is 1. The highest BCUT2D eigenvalue weighted by Crippen LogP contribution is 2.27. The van der Waals surface area contributed by atoms with Gasteiger partial charge in [0.2, 0.25) is 0 Å². The molecule has 1 aliphatic rings. The molecular formula is C20H21N3O2S. The minimum absolute atomic E-state index is 0.317. The van der Waals surface area contributed by atoms with E-state index in [9.17, 15) is 8.42 Å². The lowest BCUT2D eigenvalue weighted by atomic mass is 10.1. The van der Waals surface area contributed by atoms with Crippen LogP contribution in [0, 0.1) is 0 Å². The Hall–Kier alpha value is -2.60. The highest BCUT2D eigenvalue weighted by Gasteiger charge is 2.13. The van der Waals surface area contributed by atoms with E-state index in [2.05, 4.69) is 34.1 Å². The zero-order chi connectivity index (χ0) is 18.1. The summed E-state index contributed by atoms with van der Waals surface area (Å²) in [6.45, 7) is 2.26. The SMILES string of the molecule is CS(=O)(=O)c1ccc(-n2cncc2-c2ccc(N3CCCC3)cc2)cc1. The molecule has 1 saturated heterocycles. The predicted molar refractivity (Wildman–Crippen MR) is 104 cm³/mol. The molecule has 1 aliphatic heterocycles. The first kappa shape index (κ1) is 16.8. The monoisotopic (exact) mass is 367 g/mol. The summed E-state index contributed by atoms with van der Waals surface area (Å²) in [5.74, 6) is 0. The molecule has 4 rings (SSSR count). The summed E-state index contributed by atoms with van der Waals surface area (Å²) in [7, 11) is -3.19. The van der Waals surface area contributed by atoms with Crippen molar-refractivity contribution in [2.75, 3.05) is 24.2 Å². The van der Waals surface area contributed by atoms with Crippen LogP contribution >= 0.6 is 0 Å². The molecular weight excluding hydrogens is 346 g/mol. The van der Waals surface area contributed by atoms with Crippen LogP contribution in [0.1, 0.15) is 12.8 Å². The van der Waals surface area contributed by atoms with Crippen molar-refractivity contribution in [1.29, 1.82) is 0 Å². The van der Waals surface area contributed by atoms with Crippen LogP contribution in [0.25, 0.3) is 16.9 Å². The van der Waals surface area contributed by atoms with E-state index in [0.29, 0.717) is 4.90 Å². The average molecular weight is 367 g/mol. The van der Waals surface area contributed by atoms with Gasteiger partial charge in [-0.05, 0) is 49.2 Å². The molecule has 1 fully saturated rings. The van der Waals surface area contributed by atoms with Crippen LogP contribution in [0.3, 0.4) is 0 Å². The van der Waals surface area contributed by atoms with Crippen LogP contribution in [0.15, 0.2) is 66.0 Å². The molecule has 0 unspecified atom stereocenters. The fraction of sp³-hybridized carbons (Fsp3) is 0.250. The minimum Gasteiger partial charge on any atom is -0.372 e. The molecule has 0 aliphatic carbocycles. The fourth-order valence-electron chi connectivity index (χ4n) is 3.39. The molecule has 5 nitrogen and oxygen atoms in total. The Kier molecular flexibility index (Phi) is 4.28. The van der Waals surface area contributed by atoms with Gasteiger partial charge in [0.05, 0.1) is 23.1 Å². The molecule has 0 saturated carbocycles. The Bertz CT molecular complexity index is 1000. The molecule has 2 heterocycles. The van der Waals surface area contributed by atoms with Gasteiger partial charge in [-0.2, -0.15) is 0 Å². The molecule has 134 valence electrons. The standard InChI is InChI=1S/C20H21N3O2S/c1-26(24,25)19-10-8-18(9-11-19)23-15-21-14-20(23)16-4-6-17(7-5-16)22-12-2-3-13-22/h4-11,14-15H,2-3,12-13H2,1H3. The molecule has 0 amide bonds. The third kappa shape index (κ3) is 3.24. The Balaban J connectivity index is 1.64. The van der Waals surface area contributed by atoms with Gasteiger partial charge in [0, 0.05) is 36.3 Å². The van der Waals surface area contributed by atoms with Crippen LogP contribution in [0.2, 0.25) is 0 Å². The van der Waals surface area contributed by atoms with Gasteiger partial charge in [-0.1, -0.05) is 12.1 Å². The zero-order valence-corrected chi connectivity index (χ0v) is 15.5. The van der Waals surface area contributed by atoms with E-state index < -0.39 is 9.84 Å². The molecule has 0 N–H and O–H groups in total. The Morgan fingerprint density at radius 1 is 0.885 bits per heavy atom. The number of hydrogen-bond acceptors (Lipinski definition) is 4. The summed E-state index contributed by atoms with van der Waals surface area (Å²) in [5, 5.41) is 0. The van der Waals surface area contributed by atoms with Gasteiger partial charge in [-0.3, -0.25) is 4.57 Å². The maximum Gasteiger partial charge on any atom is 0.175 e. The van der Waals surface area contributed by atoms with E-state index in [1.54, 1.807) is 30.6 Å². The van der Waals surface area contributed by atoms with Gasteiger partial charge in [0.15, 0.2) is 9.84 Å². The van der Waals surface area contributed by atoms with Gasteiger partial charge in [-0.25, -0.2) is 13.4 Å². The number of nitrogens with zero attached hydrogens (tertiary/aromatic N) is 3. The van der Waals surface area contributed by atoms with Crippen molar-refractivity contribution in [2.45, 2.75) is 17.7 Å². The minimum atomic E-state index is -3.19. The molecule has 1 aromatic heterocycles. The van der Waals surface area contributed by atoms with Crippen LogP contribution in [-0.2, 0) is 9.84 Å². The third-order valence-electron chi connectivity index (χ3n) is 4.82. The Labute approximate surface area is 153 Å². The third-order valence-corrected chi connectivity index (χ3v) is 5.94. The van der Waals surface area contributed by atoms with E-state index in [1.165, 1.54) is 24.8 Å². The van der Waals surface area contributed by atoms with E-state index in [1.807, 2.05) is 10.8 Å². The molecule has 2 aromatic carbocycles. The second-order valence-electron chi connectivity index (χ2n) is 6.66. The fourth-order valence-corrected chi connectivity index (χ4v) is 4.02. The van der Waals surface area contributed by atoms with Crippen molar-refractivity contribution in [2.24, 2.45) is 0 Å². The van der Waals surface area contributed by atoms with Gasteiger partial charge >= 0.3 is 0 Å². The van der Waals surface area contributed by atoms with Crippen LogP contribution in [0.4, 0.5) is 5.69 Å². The number of hydrogen-bond donors (Lipinski definition) is 0. The highest BCUT2D eigenvalue weighted by atomic mass is 32.2. The molecule has 26 heavy (non-hydrogen) atoms. The van der Waals surface area contributed by atoms with Crippen LogP contribution in [0.5, 0.6) is 0 Å². The predicted octanol–water partition coefficient (Wildman–Crippen LogP) is 3.54. The summed E-state index contributed by atoms with van der Waals surface area (Å²) >= 11 is 0. The second kappa shape index (κ2) is 6.61. The molecule has 6 heteroatoms. The van der Waals surface area contributed by atoms with Crippen LogP contribution in [-0.4, -0.2) is 37.3 Å². The summed E-state index contributed by atoms with van der Waals surface area (Å²) < 4.78 is 25.2. The number of rotatable bonds is 4. The van der Waals surface area contributed by atoms with Crippen molar-refractivity contribution in [3.8, 4) is 16.9 Å². The quantitative estimate of drug-likeness (QED) is 0.708. The van der Waals surface area contributed by atoms with Crippen molar-refractivity contribution >= 4 is 15.5 Å². The zero-order valence-electron chi connectivity index (χ0n) is 14.7. The lowest BCUT2D eigenvalue weighted by Gasteiger charge is -2.18. The van der Waals surface area contributed by atoms with Gasteiger partial charge in [-0.15, -0.1) is 0 Å². The first-order valence-electron chi connectivity index (χ1n) is 8.70. The van der Waals surface area contributed by atoms with E-state index >= 15 is 0 Å². The van der Waals surface area contributed by atoms with Crippen molar-refractivity contribution in [3.05, 3.63) is 61.1 Å². The first-order chi connectivity index (χ1) is 12.5. The molecule has 0 spiro atoms. The molecule has 3 aromatic rings. The van der Waals surface area contributed by atoms with Crippen molar-refractivity contribution in [1.82, 2.24) is 9.55 Å². The summed E-state index contributed by atoms with van der Waals surface area (Å²) in [6, 6.07) is 15.4.